The average molecular weight is 645 g/mol. The minimum atomic E-state index is -2.45. The van der Waals surface area contributed by atoms with Gasteiger partial charge in [0, 0.05) is 34.3 Å². The minimum Gasteiger partial charge on any atom is -0.455 e. The Morgan fingerprint density at radius 1 is 0.653 bits per heavy atom. The van der Waals surface area contributed by atoms with Crippen molar-refractivity contribution in [2.24, 2.45) is 7.05 Å². The zero-order valence-corrected chi connectivity index (χ0v) is 28.8. The highest BCUT2D eigenvalue weighted by molar-refractivity contribution is 6.10. The van der Waals surface area contributed by atoms with Gasteiger partial charge in [-0.3, -0.25) is 0 Å². The molecule has 8 aromatic rings. The highest BCUT2D eigenvalue weighted by Crippen LogP contribution is 2.43. The molecule has 3 nitrogen and oxygen atoms in total. The van der Waals surface area contributed by atoms with Gasteiger partial charge in [-0.25, -0.2) is 4.57 Å². The Hall–Kier alpha value is -5.41. The summed E-state index contributed by atoms with van der Waals surface area (Å²) < 4.78 is 56.3. The van der Waals surface area contributed by atoms with E-state index in [1.807, 2.05) is 93.3 Å². The number of fused-ring (bicyclic) bond motifs is 4. The second-order valence-electron chi connectivity index (χ2n) is 13.5. The number of nitrogens with zero attached hydrogens (tertiary/aromatic N) is 2. The molecule has 0 fully saturated rings. The lowest BCUT2D eigenvalue weighted by Gasteiger charge is -2.21. The summed E-state index contributed by atoms with van der Waals surface area (Å²) in [7, 11) is 1.96. The molecule has 0 bridgehead atoms. The average Bonchev–Trinajstić information content (AvgIpc) is 3.65. The van der Waals surface area contributed by atoms with Crippen LogP contribution in [0.1, 0.15) is 68.6 Å². The molecule has 0 unspecified atom stereocenters. The van der Waals surface area contributed by atoms with E-state index in [-0.39, 0.29) is 5.56 Å². The number of aromatic nitrogens is 2. The first kappa shape index (κ1) is 25.6. The first-order valence-electron chi connectivity index (χ1n) is 19.3. The molecule has 6 aromatic carbocycles. The Morgan fingerprint density at radius 2 is 1.29 bits per heavy atom. The number of hydrogen-bond donors (Lipinski definition) is 0. The Labute approximate surface area is 296 Å². The van der Waals surface area contributed by atoms with Crippen LogP contribution >= 0.6 is 0 Å². The fourth-order valence-corrected chi connectivity index (χ4v) is 7.36. The maximum Gasteiger partial charge on any atom is 0.299 e. The summed E-state index contributed by atoms with van der Waals surface area (Å²) in [6, 6.07) is 40.3. The van der Waals surface area contributed by atoms with Gasteiger partial charge in [0.2, 0.25) is 0 Å². The standard InChI is InChI=1S/C46H43N2O/c1-28(2)38-26-35(34-23-21-33(22-24-34)32-15-9-8-10-16-32)27-39(29(3)4)44(38)48-43-31(6)14-13-18-40(43)47(7)46(48)42-30(5)20-25-37-36-17-11-12-19-41(36)49-45(37)42/h8-29H,1-7H3/q+1/i6D3,28D,29D. The van der Waals surface area contributed by atoms with Crippen LogP contribution in [-0.2, 0) is 7.05 Å². The Kier molecular flexibility index (Phi) is 6.23. The molecule has 3 heteroatoms. The number of rotatable bonds is 6. The van der Waals surface area contributed by atoms with Crippen LogP contribution < -0.4 is 4.57 Å². The van der Waals surface area contributed by atoms with Crippen molar-refractivity contribution in [3.63, 3.8) is 0 Å². The number of aryl methyl sites for hydroxylation is 3. The van der Waals surface area contributed by atoms with Crippen LogP contribution in [0.4, 0.5) is 0 Å². The summed E-state index contributed by atoms with van der Waals surface area (Å²) in [5.74, 6) is -1.60. The third-order valence-electron chi connectivity index (χ3n) is 9.84. The molecule has 2 aromatic heterocycles. The van der Waals surface area contributed by atoms with Gasteiger partial charge in [0.05, 0.1) is 7.05 Å². The number of imidazole rings is 1. The van der Waals surface area contributed by atoms with E-state index < -0.39 is 18.6 Å². The van der Waals surface area contributed by atoms with Gasteiger partial charge in [0.15, 0.2) is 16.6 Å². The van der Waals surface area contributed by atoms with Gasteiger partial charge in [-0.1, -0.05) is 125 Å². The molecule has 8 rings (SSSR count). The van der Waals surface area contributed by atoms with Gasteiger partial charge >= 0.3 is 0 Å². The summed E-state index contributed by atoms with van der Waals surface area (Å²) in [6.07, 6.45) is 0. The quantitative estimate of drug-likeness (QED) is 0.165. The maximum atomic E-state index is 9.67. The van der Waals surface area contributed by atoms with Gasteiger partial charge in [0.1, 0.15) is 16.8 Å². The molecule has 0 saturated carbocycles. The minimum absolute atomic E-state index is 0.194. The highest BCUT2D eigenvalue weighted by atomic mass is 16.3. The summed E-state index contributed by atoms with van der Waals surface area (Å²) in [4.78, 5) is 0. The van der Waals surface area contributed by atoms with Crippen molar-refractivity contribution in [3.8, 4) is 39.3 Å². The van der Waals surface area contributed by atoms with E-state index in [0.29, 0.717) is 39.3 Å². The van der Waals surface area contributed by atoms with Crippen LogP contribution in [0.5, 0.6) is 0 Å². The smallest absolute Gasteiger partial charge is 0.299 e. The molecule has 0 amide bonds. The molecular formula is C46H43N2O+. The third-order valence-corrected chi connectivity index (χ3v) is 9.84. The number of benzene rings is 6. The maximum absolute atomic E-state index is 9.67. The second kappa shape index (κ2) is 11.9. The van der Waals surface area contributed by atoms with E-state index >= 15 is 0 Å². The van der Waals surface area contributed by atoms with Crippen LogP contribution in [0.25, 0.3) is 72.3 Å². The Bertz CT molecular complexity index is 2690. The van der Waals surface area contributed by atoms with Gasteiger partial charge < -0.3 is 4.42 Å². The number of para-hydroxylation sites is 2. The van der Waals surface area contributed by atoms with E-state index in [1.165, 1.54) is 0 Å². The predicted octanol–water partition coefficient (Wildman–Crippen LogP) is 12.2. The number of furan rings is 1. The normalized spacial score (nSPS) is 14.1. The molecule has 2 heterocycles. The van der Waals surface area contributed by atoms with Crippen LogP contribution in [0.15, 0.2) is 126 Å². The molecule has 0 aliphatic rings. The van der Waals surface area contributed by atoms with Crippen molar-refractivity contribution in [2.75, 3.05) is 0 Å². The van der Waals surface area contributed by atoms with Crippen LogP contribution in [0.2, 0.25) is 0 Å². The lowest BCUT2D eigenvalue weighted by molar-refractivity contribution is -0.633. The summed E-state index contributed by atoms with van der Waals surface area (Å²) in [6.45, 7) is 7.02. The molecule has 49 heavy (non-hydrogen) atoms. The van der Waals surface area contributed by atoms with E-state index in [1.54, 1.807) is 12.1 Å². The SMILES string of the molecule is [2H]C([2H])([2H])c1cccc2c1n(-c1c(C([2H])(C)C)cc(-c3ccc(-c4ccccc4)cc3)cc1C([2H])(C)C)c(-c1c(C)ccc3c1oc1ccccc13)[n+]2C. The Balaban J connectivity index is 1.52. The summed E-state index contributed by atoms with van der Waals surface area (Å²) >= 11 is 0. The van der Waals surface area contributed by atoms with Gasteiger partial charge in [-0.2, -0.15) is 4.57 Å². The molecule has 0 saturated heterocycles. The zero-order chi connectivity index (χ0) is 38.3. The van der Waals surface area contributed by atoms with E-state index in [9.17, 15) is 2.74 Å². The van der Waals surface area contributed by atoms with Gasteiger partial charge in [-0.15, -0.1) is 0 Å². The summed E-state index contributed by atoms with van der Waals surface area (Å²) in [5, 5.41) is 1.95. The first-order valence-corrected chi connectivity index (χ1v) is 16.8. The van der Waals surface area contributed by atoms with E-state index in [4.69, 9.17) is 8.53 Å². The lowest BCUT2D eigenvalue weighted by atomic mass is 9.87. The van der Waals surface area contributed by atoms with Crippen LogP contribution in [0.3, 0.4) is 0 Å². The second-order valence-corrected chi connectivity index (χ2v) is 13.5. The molecule has 0 radical (unpaired) electrons. The van der Waals surface area contributed by atoms with Crippen LogP contribution in [-0.4, -0.2) is 4.57 Å². The fourth-order valence-electron chi connectivity index (χ4n) is 7.36. The predicted molar refractivity (Wildman–Crippen MR) is 206 cm³/mol. The van der Waals surface area contributed by atoms with Crippen molar-refractivity contribution >= 4 is 33.0 Å². The monoisotopic (exact) mass is 644 g/mol. The van der Waals surface area contributed by atoms with Gasteiger partial charge in [0.25, 0.3) is 5.82 Å². The molecule has 0 atom stereocenters. The van der Waals surface area contributed by atoms with Crippen molar-refractivity contribution < 1.29 is 15.8 Å². The molecule has 0 N–H and O–H groups in total. The largest absolute Gasteiger partial charge is 0.455 e. The molecular weight excluding hydrogens is 597 g/mol. The van der Waals surface area contributed by atoms with Gasteiger partial charge in [-0.05, 0) is 77.6 Å². The van der Waals surface area contributed by atoms with Crippen molar-refractivity contribution in [2.45, 2.75) is 53.3 Å². The van der Waals surface area contributed by atoms with E-state index in [0.717, 1.165) is 49.7 Å². The summed E-state index contributed by atoms with van der Waals surface area (Å²) in [5.41, 5.74) is 10.7. The first-order chi connectivity index (χ1) is 25.5. The highest BCUT2D eigenvalue weighted by Gasteiger charge is 2.34. The third kappa shape index (κ3) is 4.99. The van der Waals surface area contributed by atoms with Crippen molar-refractivity contribution in [1.82, 2.24) is 4.57 Å². The van der Waals surface area contributed by atoms with Crippen LogP contribution in [0, 0.1) is 13.8 Å². The van der Waals surface area contributed by atoms with Crippen molar-refractivity contribution in [1.29, 1.82) is 0 Å². The van der Waals surface area contributed by atoms with Crippen molar-refractivity contribution in [3.05, 3.63) is 144 Å². The number of hydrogen-bond acceptors (Lipinski definition) is 1. The lowest BCUT2D eigenvalue weighted by Crippen LogP contribution is -2.30. The Morgan fingerprint density at radius 3 is 1.96 bits per heavy atom. The molecule has 242 valence electrons. The topological polar surface area (TPSA) is 21.9 Å². The zero-order valence-electron chi connectivity index (χ0n) is 33.8. The molecule has 0 spiro atoms. The fraction of sp³-hybridized carbons (Fsp3) is 0.196. The molecule has 0 aliphatic carbocycles. The van der Waals surface area contributed by atoms with E-state index in [2.05, 4.69) is 66.7 Å². The molecule has 0 aliphatic heterocycles.